The first-order chi connectivity index (χ1) is 17.2. The molecule has 4 aromatic rings. The van der Waals surface area contributed by atoms with Gasteiger partial charge in [-0.25, -0.2) is 9.78 Å². The van der Waals surface area contributed by atoms with Crippen LogP contribution in [0.3, 0.4) is 0 Å². The van der Waals surface area contributed by atoms with Crippen LogP contribution in [0.15, 0.2) is 79.1 Å². The number of fused-ring (bicyclic) bond motifs is 1. The van der Waals surface area contributed by atoms with Crippen LogP contribution >= 0.6 is 0 Å². The topological polar surface area (TPSA) is 70.9 Å². The highest BCUT2D eigenvalue weighted by Gasteiger charge is 2.31. The lowest BCUT2D eigenvalue weighted by atomic mass is 10.1. The van der Waals surface area contributed by atoms with Gasteiger partial charge in [-0.05, 0) is 54.7 Å². The van der Waals surface area contributed by atoms with E-state index in [2.05, 4.69) is 33.5 Å². The summed E-state index contributed by atoms with van der Waals surface area (Å²) in [4.78, 5) is 23.2. The number of rotatable bonds is 4. The zero-order chi connectivity index (χ0) is 23.6. The average Bonchev–Trinajstić information content (AvgIpc) is 3.39. The lowest BCUT2D eigenvalue weighted by molar-refractivity contribution is -0.0829. The molecule has 0 radical (unpaired) electrons. The lowest BCUT2D eigenvalue weighted by Gasteiger charge is -2.23. The Hall–Kier alpha value is -4.28. The molecule has 2 N–H and O–H groups in total. The molecule has 1 aliphatic carbocycles. The molecule has 1 atom stereocenters. The quantitative estimate of drug-likeness (QED) is 0.407. The zero-order valence-electron chi connectivity index (χ0n) is 19.1. The Kier molecular flexibility index (Phi) is 5.57. The SMILES string of the molecule is O=C(Nc1cccc(C#Cc2cnc3c(NC4CC4)cccn23)c1)N1OCC[C@H]1c1ccccc1. The van der Waals surface area contributed by atoms with Gasteiger partial charge in [-0.2, -0.15) is 5.06 Å². The summed E-state index contributed by atoms with van der Waals surface area (Å²) >= 11 is 0. The monoisotopic (exact) mass is 463 g/mol. The Balaban J connectivity index is 1.18. The van der Waals surface area contributed by atoms with Crippen molar-refractivity contribution in [2.24, 2.45) is 0 Å². The number of aromatic nitrogens is 2. The van der Waals surface area contributed by atoms with E-state index in [1.54, 1.807) is 6.20 Å². The molecular weight excluding hydrogens is 438 g/mol. The van der Waals surface area contributed by atoms with Crippen molar-refractivity contribution in [2.75, 3.05) is 17.2 Å². The molecule has 1 saturated carbocycles. The van der Waals surface area contributed by atoms with Crippen molar-refractivity contribution in [1.82, 2.24) is 14.4 Å². The second-order valence-electron chi connectivity index (χ2n) is 8.81. The maximum absolute atomic E-state index is 12.9. The highest BCUT2D eigenvalue weighted by Crippen LogP contribution is 2.31. The molecule has 7 heteroatoms. The third kappa shape index (κ3) is 4.57. The fourth-order valence-corrected chi connectivity index (χ4v) is 4.30. The fraction of sp³-hybridized carbons (Fsp3) is 0.214. The Labute approximate surface area is 203 Å². The van der Waals surface area contributed by atoms with Gasteiger partial charge in [0.05, 0.1) is 24.5 Å². The van der Waals surface area contributed by atoms with E-state index < -0.39 is 0 Å². The second-order valence-corrected chi connectivity index (χ2v) is 8.81. The van der Waals surface area contributed by atoms with Gasteiger partial charge in [0, 0.05) is 29.9 Å². The number of imidazole rings is 1. The number of nitrogens with one attached hydrogen (secondary N) is 2. The predicted molar refractivity (Wildman–Crippen MR) is 135 cm³/mol. The van der Waals surface area contributed by atoms with Gasteiger partial charge < -0.3 is 10.6 Å². The van der Waals surface area contributed by atoms with Crippen LogP contribution in [0.2, 0.25) is 0 Å². The van der Waals surface area contributed by atoms with Crippen molar-refractivity contribution in [1.29, 1.82) is 0 Å². The van der Waals surface area contributed by atoms with Gasteiger partial charge in [-0.3, -0.25) is 9.24 Å². The van der Waals surface area contributed by atoms with Crippen LogP contribution in [-0.2, 0) is 4.84 Å². The van der Waals surface area contributed by atoms with Gasteiger partial charge in [-0.15, -0.1) is 0 Å². The van der Waals surface area contributed by atoms with Crippen molar-refractivity contribution in [3.8, 4) is 11.8 Å². The molecule has 3 heterocycles. The fourth-order valence-electron chi connectivity index (χ4n) is 4.30. The maximum Gasteiger partial charge on any atom is 0.346 e. The summed E-state index contributed by atoms with van der Waals surface area (Å²) in [6.07, 6.45) is 6.94. The number of hydrogen-bond donors (Lipinski definition) is 2. The number of hydroxylamine groups is 2. The van der Waals surface area contributed by atoms with Crippen LogP contribution in [0.1, 0.15) is 42.1 Å². The average molecular weight is 464 g/mol. The molecule has 35 heavy (non-hydrogen) atoms. The number of benzene rings is 2. The standard InChI is InChI=1S/C28H25N5O2/c34-28(33-26(15-17-35-33)21-7-2-1-3-8-21)31-23-9-4-6-20(18-23)11-14-24-19-29-27-25(30-22-12-13-22)10-5-16-32(24)27/h1-10,16,18-19,22,26,30H,12-13,15,17H2,(H,31,34)/t26-/m0/s1. The molecule has 6 rings (SSSR count). The minimum atomic E-state index is -0.293. The van der Waals surface area contributed by atoms with Crippen LogP contribution in [0.4, 0.5) is 16.2 Å². The Morgan fingerprint density at radius 1 is 1.00 bits per heavy atom. The maximum atomic E-state index is 12.9. The largest absolute Gasteiger partial charge is 0.379 e. The first kappa shape index (κ1) is 21.3. The molecule has 2 amide bonds. The molecular formula is C28H25N5O2. The van der Waals surface area contributed by atoms with Crippen molar-refractivity contribution < 1.29 is 9.63 Å². The van der Waals surface area contributed by atoms with E-state index in [1.807, 2.05) is 71.3 Å². The molecule has 0 spiro atoms. The highest BCUT2D eigenvalue weighted by atomic mass is 16.7. The van der Waals surface area contributed by atoms with Gasteiger partial charge in [0.1, 0.15) is 5.69 Å². The molecule has 7 nitrogen and oxygen atoms in total. The van der Waals surface area contributed by atoms with E-state index in [-0.39, 0.29) is 12.1 Å². The van der Waals surface area contributed by atoms with Crippen LogP contribution in [0.5, 0.6) is 0 Å². The highest BCUT2D eigenvalue weighted by molar-refractivity contribution is 5.89. The summed E-state index contributed by atoms with van der Waals surface area (Å²) in [5, 5.41) is 7.90. The normalized spacial score (nSPS) is 17.1. The first-order valence-electron chi connectivity index (χ1n) is 11.9. The Bertz CT molecular complexity index is 1430. The molecule has 0 bridgehead atoms. The van der Waals surface area contributed by atoms with Crippen molar-refractivity contribution in [3.63, 3.8) is 0 Å². The summed E-state index contributed by atoms with van der Waals surface area (Å²) in [6.45, 7) is 0.510. The van der Waals surface area contributed by atoms with E-state index >= 15 is 0 Å². The predicted octanol–water partition coefficient (Wildman–Crippen LogP) is 5.22. The molecule has 0 unspecified atom stereocenters. The molecule has 2 fully saturated rings. The van der Waals surface area contributed by atoms with Gasteiger partial charge in [-0.1, -0.05) is 42.3 Å². The molecule has 1 aliphatic heterocycles. The Morgan fingerprint density at radius 2 is 1.89 bits per heavy atom. The second kappa shape index (κ2) is 9.16. The summed E-state index contributed by atoms with van der Waals surface area (Å²) < 4.78 is 2.00. The van der Waals surface area contributed by atoms with E-state index in [4.69, 9.17) is 4.84 Å². The molecule has 2 aliphatic rings. The molecule has 2 aromatic carbocycles. The van der Waals surface area contributed by atoms with Gasteiger partial charge in [0.25, 0.3) is 0 Å². The summed E-state index contributed by atoms with van der Waals surface area (Å²) in [5.41, 5.74) is 5.24. The minimum Gasteiger partial charge on any atom is -0.379 e. The van der Waals surface area contributed by atoms with E-state index in [0.29, 0.717) is 18.3 Å². The molecule has 2 aromatic heterocycles. The molecule has 1 saturated heterocycles. The van der Waals surface area contributed by atoms with Crippen LogP contribution in [0, 0.1) is 11.8 Å². The summed E-state index contributed by atoms with van der Waals surface area (Å²) in [7, 11) is 0. The van der Waals surface area contributed by atoms with Crippen LogP contribution in [-0.4, -0.2) is 33.1 Å². The number of urea groups is 1. The lowest BCUT2D eigenvalue weighted by Crippen LogP contribution is -2.33. The first-order valence-corrected chi connectivity index (χ1v) is 11.9. The van der Waals surface area contributed by atoms with E-state index in [9.17, 15) is 4.79 Å². The van der Waals surface area contributed by atoms with Crippen molar-refractivity contribution >= 4 is 23.1 Å². The smallest absolute Gasteiger partial charge is 0.346 e. The number of carbonyl (C=O) groups excluding carboxylic acids is 1. The van der Waals surface area contributed by atoms with Crippen molar-refractivity contribution in [2.45, 2.75) is 31.3 Å². The zero-order valence-corrected chi connectivity index (χ0v) is 19.1. The van der Waals surface area contributed by atoms with Crippen molar-refractivity contribution in [3.05, 3.63) is 95.9 Å². The van der Waals surface area contributed by atoms with E-state index in [0.717, 1.165) is 34.6 Å². The Morgan fingerprint density at radius 3 is 2.74 bits per heavy atom. The number of hydrogen-bond acceptors (Lipinski definition) is 4. The summed E-state index contributed by atoms with van der Waals surface area (Å²) in [6, 6.07) is 21.7. The van der Waals surface area contributed by atoms with Gasteiger partial charge in [0.15, 0.2) is 5.65 Å². The van der Waals surface area contributed by atoms with Crippen LogP contribution in [0.25, 0.3) is 5.65 Å². The number of amides is 2. The summed E-state index contributed by atoms with van der Waals surface area (Å²) in [5.74, 6) is 6.42. The number of anilines is 2. The van der Waals surface area contributed by atoms with E-state index in [1.165, 1.54) is 17.9 Å². The van der Waals surface area contributed by atoms with Crippen LogP contribution < -0.4 is 10.6 Å². The third-order valence-corrected chi connectivity index (χ3v) is 6.21. The third-order valence-electron chi connectivity index (χ3n) is 6.21. The molecule has 174 valence electrons. The number of nitrogens with zero attached hydrogens (tertiary/aromatic N) is 3. The number of pyridine rings is 1. The minimum absolute atomic E-state index is 0.103. The number of carbonyl (C=O) groups is 1. The van der Waals surface area contributed by atoms with Gasteiger partial charge in [0.2, 0.25) is 0 Å². The van der Waals surface area contributed by atoms with Gasteiger partial charge >= 0.3 is 6.03 Å².